The summed E-state index contributed by atoms with van der Waals surface area (Å²) < 4.78 is 0. The molecule has 0 saturated heterocycles. The fraction of sp³-hybridized carbons (Fsp3) is 0.192. The van der Waals surface area contributed by atoms with Gasteiger partial charge in [0.25, 0.3) is 11.8 Å². The third kappa shape index (κ3) is 4.26. The Morgan fingerprint density at radius 3 is 2.10 bits per heavy atom. The summed E-state index contributed by atoms with van der Waals surface area (Å²) in [4.78, 5) is 31.9. The molecular formula is C26H25N3O2. The van der Waals surface area contributed by atoms with E-state index >= 15 is 0 Å². The van der Waals surface area contributed by atoms with Gasteiger partial charge in [-0.3, -0.25) is 19.5 Å². The van der Waals surface area contributed by atoms with Gasteiger partial charge in [-0.15, -0.1) is 0 Å². The minimum absolute atomic E-state index is 0.0352. The first-order valence-corrected chi connectivity index (χ1v) is 10.3. The van der Waals surface area contributed by atoms with Gasteiger partial charge in [0.15, 0.2) is 0 Å². The number of amides is 2. The quantitative estimate of drug-likeness (QED) is 0.614. The van der Waals surface area contributed by atoms with E-state index in [9.17, 15) is 9.59 Å². The summed E-state index contributed by atoms with van der Waals surface area (Å²) in [6, 6.07) is 20.9. The number of pyridine rings is 1. The van der Waals surface area contributed by atoms with Gasteiger partial charge >= 0.3 is 0 Å². The molecule has 0 unspecified atom stereocenters. The molecule has 156 valence electrons. The van der Waals surface area contributed by atoms with Crippen LogP contribution in [0.4, 0.5) is 5.69 Å². The Balaban J connectivity index is 1.69. The van der Waals surface area contributed by atoms with Crippen molar-refractivity contribution in [3.63, 3.8) is 0 Å². The largest absolute Gasteiger partial charge is 0.350 e. The first-order chi connectivity index (χ1) is 14.8. The van der Waals surface area contributed by atoms with Gasteiger partial charge in [-0.25, -0.2) is 0 Å². The molecule has 1 N–H and O–H groups in total. The molecule has 0 radical (unpaired) electrons. The summed E-state index contributed by atoms with van der Waals surface area (Å²) in [5.74, 6) is -0.637. The van der Waals surface area contributed by atoms with Gasteiger partial charge in [-0.1, -0.05) is 63.2 Å². The van der Waals surface area contributed by atoms with Crippen LogP contribution in [0.5, 0.6) is 0 Å². The molecule has 0 fully saturated rings. The van der Waals surface area contributed by atoms with Crippen LogP contribution in [0, 0.1) is 0 Å². The van der Waals surface area contributed by atoms with Crippen molar-refractivity contribution < 1.29 is 9.59 Å². The fourth-order valence-corrected chi connectivity index (χ4v) is 3.58. The molecule has 31 heavy (non-hydrogen) atoms. The summed E-state index contributed by atoms with van der Waals surface area (Å²) in [6.45, 7) is 6.66. The maximum absolute atomic E-state index is 13.3. The topological polar surface area (TPSA) is 62.3 Å². The van der Waals surface area contributed by atoms with Crippen LogP contribution in [0.25, 0.3) is 5.57 Å². The van der Waals surface area contributed by atoms with Crippen molar-refractivity contribution in [2.45, 2.75) is 32.7 Å². The molecule has 3 aromatic rings. The van der Waals surface area contributed by atoms with E-state index in [1.807, 2.05) is 54.6 Å². The first-order valence-electron chi connectivity index (χ1n) is 10.3. The lowest BCUT2D eigenvalue weighted by Gasteiger charge is -2.19. The van der Waals surface area contributed by atoms with E-state index in [2.05, 4.69) is 31.1 Å². The van der Waals surface area contributed by atoms with Crippen LogP contribution in [0.15, 0.2) is 84.8 Å². The molecule has 5 heteroatoms. The number of nitrogens with one attached hydrogen (secondary N) is 1. The molecule has 2 amide bonds. The highest BCUT2D eigenvalue weighted by molar-refractivity contribution is 6.36. The van der Waals surface area contributed by atoms with Crippen molar-refractivity contribution >= 4 is 23.1 Å². The van der Waals surface area contributed by atoms with Gasteiger partial charge in [0.1, 0.15) is 5.70 Å². The number of benzene rings is 2. The number of imide groups is 1. The lowest BCUT2D eigenvalue weighted by molar-refractivity contribution is -0.137. The molecule has 0 aliphatic carbocycles. The second kappa shape index (κ2) is 8.19. The van der Waals surface area contributed by atoms with Crippen LogP contribution in [0.1, 0.15) is 37.5 Å². The number of carbonyl (C=O) groups excluding carboxylic acids is 2. The highest BCUT2D eigenvalue weighted by atomic mass is 16.2. The molecule has 2 aromatic carbocycles. The number of rotatable bonds is 5. The Morgan fingerprint density at radius 1 is 0.839 bits per heavy atom. The highest BCUT2D eigenvalue weighted by Gasteiger charge is 2.39. The molecule has 4 rings (SSSR count). The molecule has 0 saturated carbocycles. The average Bonchev–Trinajstić information content (AvgIpc) is 2.99. The van der Waals surface area contributed by atoms with Crippen LogP contribution >= 0.6 is 0 Å². The van der Waals surface area contributed by atoms with Crippen molar-refractivity contribution in [2.75, 3.05) is 5.32 Å². The minimum atomic E-state index is -0.333. The van der Waals surface area contributed by atoms with Crippen LogP contribution in [-0.4, -0.2) is 21.7 Å². The summed E-state index contributed by atoms with van der Waals surface area (Å²) in [6.07, 6.45) is 3.31. The zero-order valence-corrected chi connectivity index (χ0v) is 17.9. The molecule has 5 nitrogen and oxygen atoms in total. The third-order valence-corrected chi connectivity index (χ3v) is 5.34. The zero-order chi connectivity index (χ0) is 22.0. The predicted octanol–water partition coefficient (Wildman–Crippen LogP) is 4.77. The van der Waals surface area contributed by atoms with Crippen LogP contribution in [0.3, 0.4) is 0 Å². The highest BCUT2D eigenvalue weighted by Crippen LogP contribution is 2.32. The van der Waals surface area contributed by atoms with Gasteiger partial charge in [0, 0.05) is 18.1 Å². The van der Waals surface area contributed by atoms with Crippen molar-refractivity contribution in [3.8, 4) is 0 Å². The van der Waals surface area contributed by atoms with E-state index in [0.717, 1.165) is 11.3 Å². The number of hydrogen-bond acceptors (Lipinski definition) is 4. The van der Waals surface area contributed by atoms with E-state index < -0.39 is 0 Å². The summed E-state index contributed by atoms with van der Waals surface area (Å²) in [5, 5.41) is 3.22. The summed E-state index contributed by atoms with van der Waals surface area (Å²) >= 11 is 0. The van der Waals surface area contributed by atoms with E-state index in [-0.39, 0.29) is 23.8 Å². The van der Waals surface area contributed by atoms with Crippen molar-refractivity contribution in [1.29, 1.82) is 0 Å². The molecule has 0 spiro atoms. The van der Waals surface area contributed by atoms with Crippen molar-refractivity contribution in [3.05, 3.63) is 102 Å². The number of carbonyl (C=O) groups is 2. The van der Waals surface area contributed by atoms with Crippen LogP contribution in [-0.2, 0) is 21.5 Å². The monoisotopic (exact) mass is 411 g/mol. The normalized spacial score (nSPS) is 14.4. The third-order valence-electron chi connectivity index (χ3n) is 5.34. The lowest BCUT2D eigenvalue weighted by atomic mass is 9.87. The van der Waals surface area contributed by atoms with Gasteiger partial charge in [0.05, 0.1) is 12.1 Å². The predicted molar refractivity (Wildman–Crippen MR) is 122 cm³/mol. The van der Waals surface area contributed by atoms with Crippen LogP contribution < -0.4 is 5.32 Å². The molecule has 0 atom stereocenters. The smallest absolute Gasteiger partial charge is 0.278 e. The second-order valence-electron chi connectivity index (χ2n) is 8.62. The van der Waals surface area contributed by atoms with E-state index in [1.165, 1.54) is 10.5 Å². The summed E-state index contributed by atoms with van der Waals surface area (Å²) in [5.41, 5.74) is 4.25. The zero-order valence-electron chi connectivity index (χ0n) is 17.9. The maximum atomic E-state index is 13.3. The Kier molecular flexibility index (Phi) is 5.42. The standard InChI is InChI=1S/C26H25N3O2/c1-26(2,3)20-9-11-21(12-10-20)28-23-22(19-7-5-4-6-8-19)24(30)29(25(23)31)17-18-13-15-27-16-14-18/h4-16,28H,17H2,1-3H3. The Labute approximate surface area is 182 Å². The summed E-state index contributed by atoms with van der Waals surface area (Å²) in [7, 11) is 0. The van der Waals surface area contributed by atoms with Gasteiger partial charge < -0.3 is 5.32 Å². The first kappa shape index (κ1) is 20.5. The van der Waals surface area contributed by atoms with E-state index in [1.54, 1.807) is 24.5 Å². The van der Waals surface area contributed by atoms with Crippen molar-refractivity contribution in [1.82, 2.24) is 9.88 Å². The minimum Gasteiger partial charge on any atom is -0.350 e. The maximum Gasteiger partial charge on any atom is 0.278 e. The molecule has 1 aliphatic heterocycles. The van der Waals surface area contributed by atoms with E-state index in [0.29, 0.717) is 16.8 Å². The molecule has 1 aliphatic rings. The van der Waals surface area contributed by atoms with Gasteiger partial charge in [0.2, 0.25) is 0 Å². The average molecular weight is 412 g/mol. The Morgan fingerprint density at radius 2 is 1.48 bits per heavy atom. The Bertz CT molecular complexity index is 1130. The fourth-order valence-electron chi connectivity index (χ4n) is 3.58. The lowest BCUT2D eigenvalue weighted by Crippen LogP contribution is -2.32. The van der Waals surface area contributed by atoms with Crippen LogP contribution in [0.2, 0.25) is 0 Å². The van der Waals surface area contributed by atoms with E-state index in [4.69, 9.17) is 0 Å². The molecule has 1 aromatic heterocycles. The molecule has 2 heterocycles. The Hall–Kier alpha value is -3.73. The van der Waals surface area contributed by atoms with Crippen molar-refractivity contribution in [2.24, 2.45) is 0 Å². The number of nitrogens with zero attached hydrogens (tertiary/aromatic N) is 2. The number of aromatic nitrogens is 1. The molecule has 0 bridgehead atoms. The SMILES string of the molecule is CC(C)(C)c1ccc(NC2=C(c3ccccc3)C(=O)N(Cc3ccncc3)C2=O)cc1. The molecular weight excluding hydrogens is 386 g/mol. The van der Waals surface area contributed by atoms with Gasteiger partial charge in [-0.2, -0.15) is 0 Å². The van der Waals surface area contributed by atoms with Gasteiger partial charge in [-0.05, 0) is 46.4 Å². The number of hydrogen-bond donors (Lipinski definition) is 1. The second-order valence-corrected chi connectivity index (χ2v) is 8.62. The number of anilines is 1.